The molecule has 44 heavy (non-hydrogen) atoms. The summed E-state index contributed by atoms with van der Waals surface area (Å²) in [5.41, 5.74) is 2.76. The average Bonchev–Trinajstić information content (AvgIpc) is 3.62. The van der Waals surface area contributed by atoms with E-state index in [-0.39, 0.29) is 33.8 Å². The third-order valence-electron chi connectivity index (χ3n) is 10.9. The van der Waals surface area contributed by atoms with Crippen LogP contribution in [0.3, 0.4) is 0 Å². The van der Waals surface area contributed by atoms with Gasteiger partial charge in [-0.05, 0) is 67.3 Å². The molecule has 2 aromatic rings. The normalized spacial score (nSPS) is 25.8. The second-order valence-corrected chi connectivity index (χ2v) is 20.0. The van der Waals surface area contributed by atoms with E-state index in [1.54, 1.807) is 0 Å². The molecule has 2 fully saturated rings. The van der Waals surface area contributed by atoms with Gasteiger partial charge in [-0.25, -0.2) is 0 Å². The van der Waals surface area contributed by atoms with Crippen molar-refractivity contribution in [2.75, 3.05) is 20.3 Å². The van der Waals surface area contributed by atoms with Crippen LogP contribution in [0.4, 0.5) is 13.2 Å². The first-order valence-corrected chi connectivity index (χ1v) is 18.8. The number of ether oxygens (including phenoxy) is 3. The highest BCUT2D eigenvalue weighted by Gasteiger charge is 2.61. The second-order valence-electron chi connectivity index (χ2n) is 15.3. The molecule has 0 amide bonds. The fourth-order valence-electron chi connectivity index (χ4n) is 7.28. The molecule has 2 spiro atoms. The fraction of sp³-hybridized carbons (Fsp3) is 0.676. The van der Waals surface area contributed by atoms with Crippen molar-refractivity contribution >= 4 is 8.32 Å². The lowest BCUT2D eigenvalue weighted by Gasteiger charge is -2.44. The van der Waals surface area contributed by atoms with Crippen molar-refractivity contribution in [2.45, 2.75) is 121 Å². The first-order chi connectivity index (χ1) is 20.4. The predicted molar refractivity (Wildman–Crippen MR) is 163 cm³/mol. The molecule has 3 heterocycles. The van der Waals surface area contributed by atoms with Gasteiger partial charge in [0.25, 0.3) is 0 Å². The summed E-state index contributed by atoms with van der Waals surface area (Å²) >= 11 is 0. The van der Waals surface area contributed by atoms with Crippen molar-refractivity contribution in [1.29, 1.82) is 0 Å². The van der Waals surface area contributed by atoms with Crippen LogP contribution in [0.2, 0.25) is 18.1 Å². The number of rotatable bonds is 5. The molecule has 2 atom stereocenters. The molecule has 2 aliphatic heterocycles. The summed E-state index contributed by atoms with van der Waals surface area (Å²) in [6.07, 6.45) is 0.219. The molecule has 4 aliphatic rings. The van der Waals surface area contributed by atoms with Crippen molar-refractivity contribution in [3.63, 3.8) is 0 Å². The molecular weight excluding hydrogens is 587 g/mol. The van der Waals surface area contributed by atoms with E-state index in [1.165, 1.54) is 19.2 Å². The van der Waals surface area contributed by atoms with Crippen LogP contribution in [0.15, 0.2) is 18.2 Å². The monoisotopic (exact) mass is 633 g/mol. The molecule has 10 heteroatoms. The Kier molecular flexibility index (Phi) is 7.46. The van der Waals surface area contributed by atoms with Gasteiger partial charge in [0.1, 0.15) is 11.4 Å². The number of fused-ring (bicyclic) bond motifs is 4. The Morgan fingerprint density at radius 3 is 2.25 bits per heavy atom. The van der Waals surface area contributed by atoms with Gasteiger partial charge in [-0.1, -0.05) is 40.7 Å². The zero-order chi connectivity index (χ0) is 32.1. The molecule has 242 valence electrons. The van der Waals surface area contributed by atoms with Crippen molar-refractivity contribution < 1.29 is 36.9 Å². The third-order valence-corrected chi connectivity index (χ3v) is 15.4. The van der Waals surface area contributed by atoms with Gasteiger partial charge in [0.15, 0.2) is 8.32 Å². The number of alkyl halides is 3. The van der Waals surface area contributed by atoms with Crippen LogP contribution in [-0.4, -0.2) is 38.7 Å². The Labute approximate surface area is 259 Å². The maximum atomic E-state index is 13.8. The van der Waals surface area contributed by atoms with Gasteiger partial charge in [0.2, 0.25) is 5.79 Å². The van der Waals surface area contributed by atoms with E-state index in [0.717, 1.165) is 48.6 Å². The Balaban J connectivity index is 1.63. The van der Waals surface area contributed by atoms with Crippen LogP contribution in [0.25, 0.3) is 0 Å². The Morgan fingerprint density at radius 1 is 1.05 bits per heavy atom. The first-order valence-electron chi connectivity index (χ1n) is 15.9. The number of hydrogen-bond donors (Lipinski definition) is 1. The highest BCUT2D eigenvalue weighted by atomic mass is 28.4. The van der Waals surface area contributed by atoms with E-state index >= 15 is 0 Å². The molecule has 0 radical (unpaired) electrons. The maximum absolute atomic E-state index is 13.8. The molecule has 1 N–H and O–H groups in total. The molecule has 2 aliphatic carbocycles. The van der Waals surface area contributed by atoms with Crippen molar-refractivity contribution in [3.8, 4) is 5.75 Å². The largest absolute Gasteiger partial charge is 0.496 e. The molecule has 0 bridgehead atoms. The standard InChI is InChI=1S/C34H46F3NO5Si/c1-20(2)29-28-27(26-23(38-29)18-31(11-12-31)19-25(26)42-44(7,8)30(3,4)5)32(13-15-41-16-14-32)43-33(28,39)21-9-10-22(34(35,36)37)24(17-21)40-6/h9-10,17,20,25,39H,11-16,18-19H2,1-8H3. The topological polar surface area (TPSA) is 70.0 Å². The Hall–Kier alpha value is -1.98. The van der Waals surface area contributed by atoms with Crippen molar-refractivity contribution in [2.24, 2.45) is 5.41 Å². The highest BCUT2D eigenvalue weighted by molar-refractivity contribution is 6.74. The van der Waals surface area contributed by atoms with Crippen LogP contribution in [-0.2, 0) is 37.9 Å². The van der Waals surface area contributed by atoms with Crippen LogP contribution in [0.1, 0.15) is 118 Å². The smallest absolute Gasteiger partial charge is 0.419 e. The van der Waals surface area contributed by atoms with Gasteiger partial charge in [-0.15, -0.1) is 0 Å². The lowest BCUT2D eigenvalue weighted by molar-refractivity contribution is -0.251. The van der Waals surface area contributed by atoms with Gasteiger partial charge in [-0.3, -0.25) is 4.98 Å². The molecule has 1 saturated carbocycles. The van der Waals surface area contributed by atoms with Crippen LogP contribution < -0.4 is 4.74 Å². The summed E-state index contributed by atoms with van der Waals surface area (Å²) in [7, 11) is -1.04. The summed E-state index contributed by atoms with van der Waals surface area (Å²) in [4.78, 5) is 5.31. The number of aliphatic hydroxyl groups is 1. The van der Waals surface area contributed by atoms with E-state index < -0.39 is 31.4 Å². The first kappa shape index (κ1) is 32.0. The van der Waals surface area contributed by atoms with Gasteiger partial charge in [-0.2, -0.15) is 13.2 Å². The third kappa shape index (κ3) is 5.03. The summed E-state index contributed by atoms with van der Waals surface area (Å²) < 4.78 is 66.7. The van der Waals surface area contributed by atoms with Crippen LogP contribution in [0.5, 0.6) is 5.75 Å². The minimum absolute atomic E-state index is 0.0137. The number of hydrogen-bond acceptors (Lipinski definition) is 6. The molecular formula is C34H46F3NO5Si. The summed E-state index contributed by atoms with van der Waals surface area (Å²) in [5.74, 6) is -2.48. The van der Waals surface area contributed by atoms with Crippen LogP contribution >= 0.6 is 0 Å². The van der Waals surface area contributed by atoms with Gasteiger partial charge in [0.05, 0.1) is 24.5 Å². The number of aromatic nitrogens is 1. The van der Waals surface area contributed by atoms with Gasteiger partial charge >= 0.3 is 6.18 Å². The van der Waals surface area contributed by atoms with Gasteiger partial charge < -0.3 is 23.7 Å². The molecule has 6 nitrogen and oxygen atoms in total. The second kappa shape index (κ2) is 10.3. The SMILES string of the molecule is COc1cc(C2(O)OC3(CCOCC3)c3c4c(nc(C(C)C)c32)CC2(CC2)CC4O[Si](C)(C)C(C)(C)C)ccc1C(F)(F)F. The number of benzene rings is 1. The lowest BCUT2D eigenvalue weighted by Crippen LogP contribution is -2.44. The Bertz CT molecular complexity index is 1460. The Morgan fingerprint density at radius 2 is 1.70 bits per heavy atom. The average molecular weight is 634 g/mol. The van der Waals surface area contributed by atoms with E-state index in [1.807, 2.05) is 13.8 Å². The minimum Gasteiger partial charge on any atom is -0.496 e. The molecule has 1 saturated heterocycles. The maximum Gasteiger partial charge on any atom is 0.419 e. The van der Waals surface area contributed by atoms with E-state index in [0.29, 0.717) is 37.3 Å². The molecule has 6 rings (SSSR count). The van der Waals surface area contributed by atoms with Crippen molar-refractivity contribution in [3.05, 3.63) is 57.4 Å². The minimum atomic E-state index is -4.61. The van der Waals surface area contributed by atoms with E-state index in [2.05, 4.69) is 33.9 Å². The number of methoxy groups -OCH3 is 1. The highest BCUT2D eigenvalue weighted by Crippen LogP contribution is 2.64. The molecule has 1 aromatic carbocycles. The summed E-state index contributed by atoms with van der Waals surface area (Å²) in [6.45, 7) is 16.2. The fourth-order valence-corrected chi connectivity index (χ4v) is 8.54. The number of pyridine rings is 1. The molecule has 1 aromatic heterocycles. The predicted octanol–water partition coefficient (Wildman–Crippen LogP) is 8.25. The quantitative estimate of drug-likeness (QED) is 0.335. The summed E-state index contributed by atoms with van der Waals surface area (Å²) in [5, 5.41) is 12.8. The summed E-state index contributed by atoms with van der Waals surface area (Å²) in [6, 6.07) is 3.53. The van der Waals surface area contributed by atoms with Gasteiger partial charge in [0, 0.05) is 54.0 Å². The number of halogens is 3. The van der Waals surface area contributed by atoms with Crippen LogP contribution in [0, 0.1) is 5.41 Å². The van der Waals surface area contributed by atoms with E-state index in [4.69, 9.17) is 23.6 Å². The zero-order valence-corrected chi connectivity index (χ0v) is 28.2. The lowest BCUT2D eigenvalue weighted by atomic mass is 9.73. The van der Waals surface area contributed by atoms with E-state index in [9.17, 15) is 18.3 Å². The number of nitrogens with zero attached hydrogens (tertiary/aromatic N) is 1. The molecule has 2 unspecified atom stereocenters. The van der Waals surface area contributed by atoms with Crippen molar-refractivity contribution in [1.82, 2.24) is 4.98 Å². The zero-order valence-electron chi connectivity index (χ0n) is 27.2.